The maximum atomic E-state index is 6.02. The summed E-state index contributed by atoms with van der Waals surface area (Å²) in [4.78, 5) is 2.36. The normalized spacial score (nSPS) is 16.8. The van der Waals surface area contributed by atoms with E-state index in [2.05, 4.69) is 51.5 Å². The molecule has 4 aromatic rings. The lowest BCUT2D eigenvalue weighted by Crippen LogP contribution is -2.31. The van der Waals surface area contributed by atoms with Crippen LogP contribution in [0.1, 0.15) is 35.7 Å². The van der Waals surface area contributed by atoms with Gasteiger partial charge in [-0.1, -0.05) is 30.3 Å². The highest BCUT2D eigenvalue weighted by Crippen LogP contribution is 2.40. The van der Waals surface area contributed by atoms with E-state index in [1.54, 1.807) is 0 Å². The molecule has 1 fully saturated rings. The van der Waals surface area contributed by atoms with Gasteiger partial charge in [0.05, 0.1) is 0 Å². The lowest BCUT2D eigenvalue weighted by Gasteiger charge is -2.30. The van der Waals surface area contributed by atoms with Gasteiger partial charge in [0.15, 0.2) is 17.3 Å². The van der Waals surface area contributed by atoms with Crippen LogP contribution in [0, 0.1) is 0 Å². The lowest BCUT2D eigenvalue weighted by molar-refractivity contribution is 0.706. The van der Waals surface area contributed by atoms with Crippen molar-refractivity contribution < 1.29 is 0 Å². The van der Waals surface area contributed by atoms with Gasteiger partial charge in [-0.25, -0.2) is 0 Å². The number of nitrogens with two attached hydrogens (primary N) is 1. The minimum Gasteiger partial charge on any atom is -0.399 e. The monoisotopic (exact) mass is 356 g/mol. The number of anilines is 2. The smallest absolute Gasteiger partial charge is 0.185 e. The fraction of sp³-hybridized carbons (Fsp3) is 0.286. The molecule has 0 bridgehead atoms. The van der Waals surface area contributed by atoms with Gasteiger partial charge in [0.2, 0.25) is 0 Å². The Labute approximate surface area is 156 Å². The van der Waals surface area contributed by atoms with Gasteiger partial charge < -0.3 is 10.6 Å². The minimum atomic E-state index is 0.503. The fourth-order valence-electron chi connectivity index (χ4n) is 4.17. The van der Waals surface area contributed by atoms with Gasteiger partial charge in [-0.3, -0.25) is 0 Å². The maximum Gasteiger partial charge on any atom is 0.185 e. The summed E-state index contributed by atoms with van der Waals surface area (Å²) in [5, 5.41) is 16.2. The Morgan fingerprint density at radius 3 is 2.67 bits per heavy atom. The number of hydrogen-bond acceptors (Lipinski definition) is 5. The number of hydrogen-bond donors (Lipinski definition) is 1. The number of nitrogens with zero attached hydrogens (tertiary/aromatic N) is 5. The van der Waals surface area contributed by atoms with E-state index < -0.39 is 0 Å². The van der Waals surface area contributed by atoms with Gasteiger partial charge in [0.25, 0.3) is 0 Å². The second kappa shape index (κ2) is 5.42. The van der Waals surface area contributed by atoms with E-state index in [0.717, 1.165) is 53.3 Å². The molecule has 2 aromatic heterocycles. The van der Waals surface area contributed by atoms with Gasteiger partial charge in [-0.2, -0.15) is 4.52 Å². The molecule has 3 heterocycles. The predicted molar refractivity (Wildman–Crippen MR) is 106 cm³/mol. The van der Waals surface area contributed by atoms with Crippen molar-refractivity contribution in [1.82, 2.24) is 19.8 Å². The van der Waals surface area contributed by atoms with Gasteiger partial charge >= 0.3 is 0 Å². The summed E-state index contributed by atoms with van der Waals surface area (Å²) < 4.78 is 1.98. The molecular weight excluding hydrogens is 336 g/mol. The third-order valence-electron chi connectivity index (χ3n) is 5.75. The van der Waals surface area contributed by atoms with Crippen LogP contribution in [0.5, 0.6) is 0 Å². The standard InChI is InChI=1S/C21H20N6/c22-16-8-7-13-9-10-26(12-15(13)11-16)21-18-4-2-1-3-17(18)20-24-23-19(14-5-6-14)27(20)25-21/h1-4,7-8,11,14H,5-6,9-10,12,22H2. The molecule has 1 aliphatic carbocycles. The Hall–Kier alpha value is -3.15. The average molecular weight is 356 g/mol. The second-order valence-electron chi connectivity index (χ2n) is 7.64. The summed E-state index contributed by atoms with van der Waals surface area (Å²) in [7, 11) is 0. The first kappa shape index (κ1) is 15.0. The SMILES string of the molecule is Nc1ccc2c(c1)CN(c1nn3c(C4CC4)nnc3c3ccccc13)CC2. The van der Waals surface area contributed by atoms with E-state index in [-0.39, 0.29) is 0 Å². The van der Waals surface area contributed by atoms with Crippen LogP contribution in [-0.4, -0.2) is 26.4 Å². The van der Waals surface area contributed by atoms with Crippen molar-refractivity contribution in [1.29, 1.82) is 0 Å². The van der Waals surface area contributed by atoms with Crippen LogP contribution in [0.15, 0.2) is 42.5 Å². The molecule has 2 aliphatic rings. The molecule has 27 heavy (non-hydrogen) atoms. The topological polar surface area (TPSA) is 72.3 Å². The summed E-state index contributed by atoms with van der Waals surface area (Å²) in [6.07, 6.45) is 3.36. The fourth-order valence-corrected chi connectivity index (χ4v) is 4.17. The molecule has 6 nitrogen and oxygen atoms in total. The zero-order valence-corrected chi connectivity index (χ0v) is 15.0. The average Bonchev–Trinajstić information content (AvgIpc) is 3.45. The van der Waals surface area contributed by atoms with Crippen LogP contribution < -0.4 is 10.6 Å². The van der Waals surface area contributed by atoms with E-state index in [9.17, 15) is 0 Å². The van der Waals surface area contributed by atoms with Gasteiger partial charge in [0.1, 0.15) is 0 Å². The van der Waals surface area contributed by atoms with E-state index in [1.807, 2.05) is 10.6 Å². The third-order valence-corrected chi connectivity index (χ3v) is 5.75. The molecule has 1 aliphatic heterocycles. The largest absolute Gasteiger partial charge is 0.399 e. The first-order valence-electron chi connectivity index (χ1n) is 9.54. The summed E-state index contributed by atoms with van der Waals surface area (Å²) >= 11 is 0. The Balaban J connectivity index is 1.55. The van der Waals surface area contributed by atoms with Crippen molar-refractivity contribution in [3.63, 3.8) is 0 Å². The van der Waals surface area contributed by atoms with Crippen LogP contribution in [0.2, 0.25) is 0 Å². The first-order chi connectivity index (χ1) is 13.3. The maximum absolute atomic E-state index is 6.02. The van der Waals surface area contributed by atoms with E-state index in [1.165, 1.54) is 24.0 Å². The van der Waals surface area contributed by atoms with Crippen molar-refractivity contribution in [2.24, 2.45) is 0 Å². The van der Waals surface area contributed by atoms with E-state index in [4.69, 9.17) is 10.8 Å². The van der Waals surface area contributed by atoms with E-state index >= 15 is 0 Å². The van der Waals surface area contributed by atoms with Crippen molar-refractivity contribution in [2.45, 2.75) is 31.7 Å². The van der Waals surface area contributed by atoms with Crippen LogP contribution in [0.3, 0.4) is 0 Å². The number of aromatic nitrogens is 4. The summed E-state index contributed by atoms with van der Waals surface area (Å²) in [6.45, 7) is 1.77. The van der Waals surface area contributed by atoms with E-state index in [0.29, 0.717) is 5.92 Å². The Bertz CT molecular complexity index is 1190. The highest BCUT2D eigenvalue weighted by atomic mass is 15.4. The molecule has 1 saturated carbocycles. The Morgan fingerprint density at radius 1 is 0.963 bits per heavy atom. The third kappa shape index (κ3) is 2.29. The molecule has 0 amide bonds. The number of benzene rings is 2. The second-order valence-corrected chi connectivity index (χ2v) is 7.64. The predicted octanol–water partition coefficient (Wildman–Crippen LogP) is 3.30. The summed E-state index contributed by atoms with van der Waals surface area (Å²) in [5.41, 5.74) is 10.4. The van der Waals surface area contributed by atoms with Crippen molar-refractivity contribution >= 4 is 27.9 Å². The molecule has 134 valence electrons. The van der Waals surface area contributed by atoms with Crippen molar-refractivity contribution in [3.8, 4) is 0 Å². The number of rotatable bonds is 2. The van der Waals surface area contributed by atoms with Crippen LogP contribution >= 0.6 is 0 Å². The molecule has 0 saturated heterocycles. The van der Waals surface area contributed by atoms with Gasteiger partial charge in [-0.15, -0.1) is 15.3 Å². The minimum absolute atomic E-state index is 0.503. The quantitative estimate of drug-likeness (QED) is 0.558. The molecule has 6 rings (SSSR count). The molecule has 6 heteroatoms. The van der Waals surface area contributed by atoms with Crippen LogP contribution in [0.4, 0.5) is 11.5 Å². The molecular formula is C21H20N6. The zero-order chi connectivity index (χ0) is 18.0. The molecule has 0 unspecified atom stereocenters. The molecule has 2 aromatic carbocycles. The molecule has 0 radical (unpaired) electrons. The first-order valence-corrected chi connectivity index (χ1v) is 9.54. The van der Waals surface area contributed by atoms with Gasteiger partial charge in [0, 0.05) is 35.5 Å². The Morgan fingerprint density at radius 2 is 1.81 bits per heavy atom. The molecule has 0 atom stereocenters. The highest BCUT2D eigenvalue weighted by Gasteiger charge is 2.30. The van der Waals surface area contributed by atoms with Gasteiger partial charge in [-0.05, 0) is 42.5 Å². The number of fused-ring (bicyclic) bond motifs is 4. The molecule has 2 N–H and O–H groups in total. The van der Waals surface area contributed by atoms with Crippen LogP contribution in [-0.2, 0) is 13.0 Å². The van der Waals surface area contributed by atoms with Crippen LogP contribution in [0.25, 0.3) is 16.4 Å². The highest BCUT2D eigenvalue weighted by molar-refractivity contribution is 6.00. The Kier molecular flexibility index (Phi) is 3.01. The van der Waals surface area contributed by atoms with Crippen molar-refractivity contribution in [3.05, 3.63) is 59.4 Å². The zero-order valence-electron chi connectivity index (χ0n) is 15.0. The summed E-state index contributed by atoms with van der Waals surface area (Å²) in [5.74, 6) is 2.51. The summed E-state index contributed by atoms with van der Waals surface area (Å²) in [6, 6.07) is 14.6. The van der Waals surface area contributed by atoms with Crippen molar-refractivity contribution in [2.75, 3.05) is 17.2 Å². The lowest BCUT2D eigenvalue weighted by atomic mass is 9.99. The molecule has 0 spiro atoms. The number of nitrogen functional groups attached to an aromatic ring is 1.